The molecule has 0 aromatic heterocycles. The minimum atomic E-state index is 0. The summed E-state index contributed by atoms with van der Waals surface area (Å²) in [6.45, 7) is 0.118. The third-order valence-electron chi connectivity index (χ3n) is 1.10. The summed E-state index contributed by atoms with van der Waals surface area (Å²) in [5, 5.41) is 8.61. The number of hydrogen-bond acceptors (Lipinski definition) is 2. The summed E-state index contributed by atoms with van der Waals surface area (Å²) in [7, 11) is 5.75. The van der Waals surface area contributed by atoms with E-state index in [9.17, 15) is 0 Å². The predicted molar refractivity (Wildman–Crippen MR) is 58.3 cm³/mol. The molecule has 5 heteroatoms. The number of ether oxygens (including phenoxy) is 1. The van der Waals surface area contributed by atoms with Crippen LogP contribution in [0, 0.1) is 59.0 Å². The summed E-state index contributed by atoms with van der Waals surface area (Å²) in [6, 6.07) is 7.57. The van der Waals surface area contributed by atoms with E-state index in [1.54, 1.807) is 0 Å². The molecule has 1 N–H and O–H groups in total. The van der Waals surface area contributed by atoms with Gasteiger partial charge in [-0.15, -0.1) is 0 Å². The summed E-state index contributed by atoms with van der Waals surface area (Å²) in [6.07, 6.45) is 0. The molecule has 0 unspecified atom stereocenters. The molecule has 0 saturated heterocycles. The first-order valence-electron chi connectivity index (χ1n) is 3.26. The van der Waals surface area contributed by atoms with Gasteiger partial charge in [-0.2, -0.15) is 0 Å². The first kappa shape index (κ1) is 24.2. The van der Waals surface area contributed by atoms with Crippen LogP contribution in [0.3, 0.4) is 0 Å². The zero-order chi connectivity index (χ0) is 9.40. The fourth-order valence-electron chi connectivity index (χ4n) is 0.590. The number of halogens is 1. The molecule has 0 saturated carbocycles. The molecule has 2 nitrogen and oxygen atoms in total. The Bertz CT molecular complexity index is 207. The Morgan fingerprint density at radius 3 is 1.80 bits per heavy atom. The first-order chi connectivity index (χ1) is 5.74. The second-order valence-corrected chi connectivity index (χ2v) is 2.90. The van der Waals surface area contributed by atoms with Crippen LogP contribution in [0.25, 0.3) is 0 Å². The average molecular weight is 660 g/mol. The van der Waals surface area contributed by atoms with Crippen molar-refractivity contribution in [2.75, 3.05) is 0 Å². The van der Waals surface area contributed by atoms with E-state index in [0.717, 1.165) is 10.0 Å². The van der Waals surface area contributed by atoms with Crippen molar-refractivity contribution in [3.8, 4) is 0 Å². The minimum absolute atomic E-state index is 0. The minimum Gasteiger partial charge on any atom is -0.719 e. The molecule has 0 amide bonds. The predicted octanol–water partition coefficient (Wildman–Crippen LogP) is 2.98. The molecule has 0 radical (unpaired) electrons. The largest absolute Gasteiger partial charge is 0.719 e. The number of benzene rings is 1. The van der Waals surface area contributed by atoms with Crippen molar-refractivity contribution >= 4 is 15.9 Å². The maximum atomic E-state index is 8.61. The smallest absolute Gasteiger partial charge is 0.0681 e. The van der Waals surface area contributed by atoms with Gasteiger partial charge in [0.05, 0.1) is 6.61 Å². The Kier molecular flexibility index (Phi) is 26.3. The van der Waals surface area contributed by atoms with Crippen molar-refractivity contribution in [2.45, 2.75) is 6.61 Å². The quantitative estimate of drug-likeness (QED) is 0.470. The summed E-state index contributed by atoms with van der Waals surface area (Å²) >= 11 is 3.29. The third-order valence-corrected chi connectivity index (χ3v) is 1.62. The van der Waals surface area contributed by atoms with E-state index < -0.39 is 0 Å². The van der Waals surface area contributed by atoms with Gasteiger partial charge in [0.15, 0.2) is 0 Å². The van der Waals surface area contributed by atoms with Crippen LogP contribution >= 0.6 is 15.9 Å². The molecule has 0 aliphatic rings. The molecule has 0 aliphatic heterocycles. The Labute approximate surface area is 124 Å². The van der Waals surface area contributed by atoms with Crippen molar-refractivity contribution in [1.82, 2.24) is 0 Å². The van der Waals surface area contributed by atoms with Gasteiger partial charge in [-0.1, -0.05) is 28.1 Å². The van der Waals surface area contributed by atoms with Crippen molar-refractivity contribution in [3.05, 3.63) is 55.9 Å². The van der Waals surface area contributed by atoms with Gasteiger partial charge in [0, 0.05) is 41.8 Å². The summed E-state index contributed by atoms with van der Waals surface area (Å²) in [5.41, 5.74) is 0.943. The standard InChI is InChI=1S/C7H7BrO.C2H4O.CH3.Cm.Er/c8-7-3-1-6(5-9)2-4-7;1-3-2;;;/h1-4,9H,5H2;1-2H2;1H3;;/q;-2;-1;;. The van der Waals surface area contributed by atoms with Crippen molar-refractivity contribution in [1.29, 1.82) is 0 Å². The Balaban J connectivity index is -0.0000000917. The second kappa shape index (κ2) is 16.3. The maximum absolute atomic E-state index is 8.61. The second-order valence-electron chi connectivity index (χ2n) is 1.99. The van der Waals surface area contributed by atoms with E-state index in [0.29, 0.717) is 0 Å². The van der Waals surface area contributed by atoms with Gasteiger partial charge < -0.3 is 17.3 Å². The number of rotatable bonds is 1. The Hall–Kier alpha value is -0.133. The number of hydrogen-bond donors (Lipinski definition) is 1. The molecule has 0 atom stereocenters. The maximum Gasteiger partial charge on any atom is 0.0681 e. The van der Waals surface area contributed by atoms with Gasteiger partial charge in [0.2, 0.25) is 0 Å². The fraction of sp³-hybridized carbons (Fsp3) is 0.100. The van der Waals surface area contributed by atoms with Crippen molar-refractivity contribution < 1.29 is 47.1 Å². The van der Waals surface area contributed by atoms with Crippen LogP contribution < -0.4 is 0 Å². The first-order valence-corrected chi connectivity index (χ1v) is 4.05. The molecular weight excluding hydrogens is 646 g/mol. The zero-order valence-electron chi connectivity index (χ0n) is 8.31. The molecular formula is C10H14BrCmErO2-3. The zero-order valence-corrected chi connectivity index (χ0v) is 14.7. The molecule has 96 valence electrons. The fourth-order valence-corrected chi connectivity index (χ4v) is 0.854. The summed E-state index contributed by atoms with van der Waals surface area (Å²) in [4.78, 5) is 0. The molecule has 1 aromatic carbocycles. The Morgan fingerprint density at radius 1 is 1.20 bits per heavy atom. The molecule has 1 aromatic rings. The molecule has 15 heavy (non-hydrogen) atoms. The Morgan fingerprint density at radius 2 is 1.53 bits per heavy atom. The topological polar surface area (TPSA) is 29.5 Å². The van der Waals surface area contributed by atoms with E-state index in [2.05, 4.69) is 34.9 Å². The molecule has 0 heterocycles. The molecule has 0 fully saturated rings. The van der Waals surface area contributed by atoms with Gasteiger partial charge in [0.25, 0.3) is 0 Å². The van der Waals surface area contributed by atoms with Gasteiger partial charge in [0.1, 0.15) is 0 Å². The normalized spacial score (nSPS) is 6.93. The average Bonchev–Trinajstić information content (AvgIpc) is 2.07. The van der Waals surface area contributed by atoms with Crippen LogP contribution in [0.5, 0.6) is 0 Å². The van der Waals surface area contributed by atoms with Crippen molar-refractivity contribution in [3.63, 3.8) is 0 Å². The van der Waals surface area contributed by atoms with E-state index in [4.69, 9.17) is 5.11 Å². The molecule has 0 bridgehead atoms. The number of aliphatic hydroxyl groups is 1. The van der Waals surface area contributed by atoms with Crippen LogP contribution in [0.2, 0.25) is 0 Å². The van der Waals surface area contributed by atoms with E-state index in [1.807, 2.05) is 24.3 Å². The third kappa shape index (κ3) is 13.9. The SMILES string of the molecule is OCc1ccc(Br)cc1.[CH2-]O[CH2-].[CH3-].[Cm].[Er]. The molecule has 1 rings (SSSR count). The van der Waals surface area contributed by atoms with Crippen LogP contribution in [0.4, 0.5) is 0 Å². The summed E-state index contributed by atoms with van der Waals surface area (Å²) < 4.78 is 4.79. The van der Waals surface area contributed by atoms with Gasteiger partial charge in [-0.3, -0.25) is 14.2 Å². The molecule has 0 aliphatic carbocycles. The summed E-state index contributed by atoms with van der Waals surface area (Å²) in [5.74, 6) is 0. The van der Waals surface area contributed by atoms with Crippen LogP contribution in [-0.2, 0) is 11.3 Å². The van der Waals surface area contributed by atoms with Gasteiger partial charge in [-0.05, 0) is 17.7 Å². The monoisotopic (exact) mass is 654 g/mol. The number of aliphatic hydroxyl groups excluding tert-OH is 1. The van der Waals surface area contributed by atoms with E-state index in [1.165, 1.54) is 0 Å². The van der Waals surface area contributed by atoms with Crippen LogP contribution in [0.1, 0.15) is 5.56 Å². The van der Waals surface area contributed by atoms with E-state index in [-0.39, 0.29) is 51.3 Å². The van der Waals surface area contributed by atoms with Crippen LogP contribution in [0.15, 0.2) is 28.7 Å². The van der Waals surface area contributed by atoms with Crippen molar-refractivity contribution in [2.24, 2.45) is 0 Å². The van der Waals surface area contributed by atoms with Gasteiger partial charge >= 0.3 is 0 Å². The van der Waals surface area contributed by atoms with E-state index >= 15 is 0 Å². The van der Waals surface area contributed by atoms with Crippen LogP contribution in [-0.4, -0.2) is 5.11 Å². The van der Waals surface area contributed by atoms with Gasteiger partial charge in [-0.25, -0.2) is 0 Å². The molecule has 0 spiro atoms.